The van der Waals surface area contributed by atoms with Gasteiger partial charge in [-0.1, -0.05) is 164 Å². The van der Waals surface area contributed by atoms with Crippen LogP contribution >= 0.6 is 0 Å². The monoisotopic (exact) mass is 596 g/mol. The second kappa shape index (κ2) is 10.2. The highest BCUT2D eigenvalue weighted by molar-refractivity contribution is 6.28. The topological polar surface area (TPSA) is 13.1 Å². The maximum absolute atomic E-state index is 6.90. The predicted octanol–water partition coefficient (Wildman–Crippen LogP) is 13.2. The summed E-state index contributed by atoms with van der Waals surface area (Å²) >= 11 is 0. The molecular formula is C46H28O. The van der Waals surface area contributed by atoms with Crippen molar-refractivity contribution in [1.82, 2.24) is 0 Å². The standard InChI is InChI=1S/C46H28O/c1-3-11-29(12-4-1)35-25-21-32-24-28-39-36(26-22-33-23-27-38(35)42(32)43(33)39)37-18-10-20-41-45(37)44(31-14-5-2-6-15-31)46(47-41)40-19-9-16-30-13-7-8-17-34(30)40/h1-28H. The summed E-state index contributed by atoms with van der Waals surface area (Å²) in [5.41, 5.74) is 9.16. The van der Waals surface area contributed by atoms with Gasteiger partial charge in [0, 0.05) is 16.5 Å². The van der Waals surface area contributed by atoms with Gasteiger partial charge >= 0.3 is 0 Å². The van der Waals surface area contributed by atoms with E-state index in [9.17, 15) is 0 Å². The van der Waals surface area contributed by atoms with Gasteiger partial charge in [-0.3, -0.25) is 0 Å². The van der Waals surface area contributed by atoms with Crippen LogP contribution in [0, 0.1) is 0 Å². The van der Waals surface area contributed by atoms with Gasteiger partial charge in [-0.2, -0.15) is 0 Å². The predicted molar refractivity (Wildman–Crippen MR) is 199 cm³/mol. The smallest absolute Gasteiger partial charge is 0.143 e. The van der Waals surface area contributed by atoms with E-state index in [4.69, 9.17) is 4.42 Å². The van der Waals surface area contributed by atoms with Crippen LogP contribution in [-0.4, -0.2) is 0 Å². The van der Waals surface area contributed by atoms with Gasteiger partial charge in [-0.25, -0.2) is 0 Å². The summed E-state index contributed by atoms with van der Waals surface area (Å²) in [6, 6.07) is 61.3. The van der Waals surface area contributed by atoms with Gasteiger partial charge in [-0.05, 0) is 77.0 Å². The number of rotatable bonds is 4. The highest BCUT2D eigenvalue weighted by atomic mass is 16.3. The molecule has 0 unspecified atom stereocenters. The lowest BCUT2D eigenvalue weighted by atomic mass is 9.86. The van der Waals surface area contributed by atoms with Crippen LogP contribution in [0.2, 0.25) is 0 Å². The summed E-state index contributed by atoms with van der Waals surface area (Å²) in [5, 5.41) is 11.2. The van der Waals surface area contributed by atoms with Crippen molar-refractivity contribution < 1.29 is 4.42 Å². The van der Waals surface area contributed by atoms with E-state index in [1.54, 1.807) is 0 Å². The molecule has 0 saturated heterocycles. The molecular weight excluding hydrogens is 569 g/mol. The lowest BCUT2D eigenvalue weighted by molar-refractivity contribution is 0.633. The molecule has 0 aliphatic heterocycles. The van der Waals surface area contributed by atoms with E-state index in [-0.39, 0.29) is 0 Å². The van der Waals surface area contributed by atoms with Crippen LogP contribution in [0.25, 0.3) is 98.8 Å². The van der Waals surface area contributed by atoms with E-state index < -0.39 is 0 Å². The fourth-order valence-corrected chi connectivity index (χ4v) is 7.77. The number of hydrogen-bond donors (Lipinski definition) is 0. The van der Waals surface area contributed by atoms with Crippen molar-refractivity contribution in [3.05, 3.63) is 170 Å². The quantitative estimate of drug-likeness (QED) is 0.184. The van der Waals surface area contributed by atoms with Crippen LogP contribution in [0.4, 0.5) is 0 Å². The van der Waals surface area contributed by atoms with Crippen LogP contribution in [0.15, 0.2) is 174 Å². The first-order chi connectivity index (χ1) is 23.3. The van der Waals surface area contributed by atoms with Crippen LogP contribution in [0.1, 0.15) is 0 Å². The third-order valence-electron chi connectivity index (χ3n) is 9.85. The Labute approximate surface area is 272 Å². The highest BCUT2D eigenvalue weighted by Gasteiger charge is 2.23. The average molecular weight is 597 g/mol. The molecule has 0 saturated carbocycles. The van der Waals surface area contributed by atoms with Gasteiger partial charge in [-0.15, -0.1) is 0 Å². The Bertz CT molecular complexity index is 2760. The SMILES string of the molecule is c1ccc(-c2ccc3ccc4c(-c5cccc6oc(-c7cccc8ccccc78)c(-c7ccccc7)c56)ccc5ccc2c3c54)cc1. The van der Waals surface area contributed by atoms with Crippen molar-refractivity contribution in [2.45, 2.75) is 0 Å². The molecule has 0 fully saturated rings. The molecule has 0 N–H and O–H groups in total. The summed E-state index contributed by atoms with van der Waals surface area (Å²) in [4.78, 5) is 0. The summed E-state index contributed by atoms with van der Waals surface area (Å²) in [6.07, 6.45) is 0. The fraction of sp³-hybridized carbons (Fsp3) is 0. The van der Waals surface area contributed by atoms with Crippen molar-refractivity contribution in [3.63, 3.8) is 0 Å². The van der Waals surface area contributed by atoms with Crippen LogP contribution in [-0.2, 0) is 0 Å². The first-order valence-corrected chi connectivity index (χ1v) is 16.2. The van der Waals surface area contributed by atoms with Crippen molar-refractivity contribution in [3.8, 4) is 44.7 Å². The molecule has 1 nitrogen and oxygen atoms in total. The molecule has 10 rings (SSSR count). The Morgan fingerprint density at radius 1 is 0.298 bits per heavy atom. The molecule has 1 aromatic heterocycles. The molecule has 0 radical (unpaired) electrons. The third-order valence-corrected chi connectivity index (χ3v) is 9.85. The molecule has 218 valence electrons. The molecule has 0 aliphatic rings. The summed E-state index contributed by atoms with van der Waals surface area (Å²) < 4.78 is 6.90. The van der Waals surface area contributed by atoms with Crippen molar-refractivity contribution in [2.75, 3.05) is 0 Å². The summed E-state index contributed by atoms with van der Waals surface area (Å²) in [7, 11) is 0. The number of furan rings is 1. The van der Waals surface area contributed by atoms with Crippen molar-refractivity contribution in [2.24, 2.45) is 0 Å². The number of benzene rings is 9. The molecule has 47 heavy (non-hydrogen) atoms. The Morgan fingerprint density at radius 3 is 1.64 bits per heavy atom. The first-order valence-electron chi connectivity index (χ1n) is 16.2. The number of hydrogen-bond acceptors (Lipinski definition) is 1. The fourth-order valence-electron chi connectivity index (χ4n) is 7.77. The van der Waals surface area contributed by atoms with Gasteiger partial charge in [0.2, 0.25) is 0 Å². The molecule has 1 heterocycles. The minimum Gasteiger partial charge on any atom is -0.455 e. The Balaban J connectivity index is 1.30. The molecule has 0 atom stereocenters. The van der Waals surface area contributed by atoms with Gasteiger partial charge in [0.15, 0.2) is 0 Å². The van der Waals surface area contributed by atoms with Crippen LogP contribution in [0.5, 0.6) is 0 Å². The lowest BCUT2D eigenvalue weighted by Gasteiger charge is -2.17. The molecule has 0 bridgehead atoms. The van der Waals surface area contributed by atoms with Crippen LogP contribution < -0.4 is 0 Å². The molecule has 10 aromatic rings. The van der Waals surface area contributed by atoms with E-state index in [0.29, 0.717) is 0 Å². The largest absolute Gasteiger partial charge is 0.455 e. The van der Waals surface area contributed by atoms with Gasteiger partial charge in [0.1, 0.15) is 11.3 Å². The zero-order valence-corrected chi connectivity index (χ0v) is 25.6. The van der Waals surface area contributed by atoms with Crippen molar-refractivity contribution >= 4 is 54.1 Å². The van der Waals surface area contributed by atoms with Gasteiger partial charge < -0.3 is 4.42 Å². The van der Waals surface area contributed by atoms with E-state index in [0.717, 1.165) is 33.4 Å². The molecule has 0 aliphatic carbocycles. The Hall–Kier alpha value is -6.18. The average Bonchev–Trinajstić information content (AvgIpc) is 3.54. The minimum absolute atomic E-state index is 0.890. The zero-order valence-electron chi connectivity index (χ0n) is 25.6. The molecule has 9 aromatic carbocycles. The van der Waals surface area contributed by atoms with E-state index in [1.165, 1.54) is 65.3 Å². The van der Waals surface area contributed by atoms with Gasteiger partial charge in [0.25, 0.3) is 0 Å². The molecule has 0 amide bonds. The van der Waals surface area contributed by atoms with E-state index >= 15 is 0 Å². The van der Waals surface area contributed by atoms with E-state index in [2.05, 4.69) is 170 Å². The third kappa shape index (κ3) is 3.90. The Morgan fingerprint density at radius 2 is 0.872 bits per heavy atom. The number of fused-ring (bicyclic) bond motifs is 2. The lowest BCUT2D eigenvalue weighted by Crippen LogP contribution is -1.90. The maximum atomic E-state index is 6.90. The molecule has 1 heteroatoms. The Kier molecular flexibility index (Phi) is 5.64. The van der Waals surface area contributed by atoms with Crippen LogP contribution in [0.3, 0.4) is 0 Å². The second-order valence-corrected chi connectivity index (χ2v) is 12.4. The van der Waals surface area contributed by atoms with Crippen molar-refractivity contribution in [1.29, 1.82) is 0 Å². The maximum Gasteiger partial charge on any atom is 0.143 e. The van der Waals surface area contributed by atoms with Gasteiger partial charge in [0.05, 0.1) is 0 Å². The van der Waals surface area contributed by atoms with E-state index in [1.807, 2.05) is 0 Å². The highest BCUT2D eigenvalue weighted by Crippen LogP contribution is 2.49. The first kappa shape index (κ1) is 26.1. The minimum atomic E-state index is 0.890. The molecule has 0 spiro atoms. The normalized spacial score (nSPS) is 11.8. The summed E-state index contributed by atoms with van der Waals surface area (Å²) in [6.45, 7) is 0. The zero-order chi connectivity index (χ0) is 30.9. The summed E-state index contributed by atoms with van der Waals surface area (Å²) in [5.74, 6) is 0.903. The second-order valence-electron chi connectivity index (χ2n) is 12.4.